The highest BCUT2D eigenvalue weighted by Gasteiger charge is 2.15. The minimum atomic E-state index is -0.623. The number of carbonyl (C=O) groups excluding carboxylic acids is 2. The van der Waals surface area contributed by atoms with E-state index < -0.39 is 12.0 Å². The lowest BCUT2D eigenvalue weighted by atomic mass is 10.1. The maximum atomic E-state index is 12.0. The normalized spacial score (nSPS) is 11.7. The van der Waals surface area contributed by atoms with Crippen LogP contribution in [0.15, 0.2) is 35.7 Å². The Labute approximate surface area is 138 Å². The largest absolute Gasteiger partial charge is 0.461 e. The van der Waals surface area contributed by atoms with Crippen LogP contribution in [0.2, 0.25) is 0 Å². The van der Waals surface area contributed by atoms with E-state index in [0.29, 0.717) is 18.0 Å². The quantitative estimate of drug-likeness (QED) is 0.749. The van der Waals surface area contributed by atoms with Crippen molar-refractivity contribution in [3.05, 3.63) is 52.0 Å². The Morgan fingerprint density at radius 3 is 2.78 bits per heavy atom. The lowest BCUT2D eigenvalue weighted by Crippen LogP contribution is -2.41. The molecule has 0 bridgehead atoms. The maximum Gasteiger partial charge on any atom is 0.357 e. The summed E-state index contributed by atoms with van der Waals surface area (Å²) >= 11 is 1.29. The fourth-order valence-corrected chi connectivity index (χ4v) is 2.65. The molecule has 0 radical (unpaired) electrons. The number of hydrogen-bond donors (Lipinski definition) is 2. The summed E-state index contributed by atoms with van der Waals surface area (Å²) in [6, 6.07) is 8.97. The fourth-order valence-electron chi connectivity index (χ4n) is 1.95. The van der Waals surface area contributed by atoms with E-state index in [4.69, 9.17) is 10.5 Å². The predicted molar refractivity (Wildman–Crippen MR) is 88.0 cm³/mol. The van der Waals surface area contributed by atoms with Gasteiger partial charge in [0.25, 0.3) is 0 Å². The van der Waals surface area contributed by atoms with Crippen LogP contribution in [0.5, 0.6) is 0 Å². The standard InChI is InChI=1S/C16H19N3O3S/c1-2-22-16(21)13-10-23-14(19-13)9-18-15(20)12(17)8-11-6-4-3-5-7-11/h3-7,10,12H,2,8-9,17H2,1H3,(H,18,20). The third kappa shape index (κ3) is 5.15. The molecular formula is C16H19N3O3S. The molecule has 0 saturated heterocycles. The third-order valence-corrected chi connectivity index (χ3v) is 3.93. The van der Waals surface area contributed by atoms with E-state index in [9.17, 15) is 9.59 Å². The van der Waals surface area contributed by atoms with Gasteiger partial charge >= 0.3 is 5.97 Å². The second-order valence-corrected chi connectivity index (χ2v) is 5.80. The van der Waals surface area contributed by atoms with Crippen molar-refractivity contribution in [3.8, 4) is 0 Å². The molecule has 0 aliphatic rings. The van der Waals surface area contributed by atoms with Gasteiger partial charge in [-0.3, -0.25) is 4.79 Å². The molecule has 0 aliphatic heterocycles. The number of amides is 1. The molecule has 1 aromatic carbocycles. The molecular weight excluding hydrogens is 314 g/mol. The van der Waals surface area contributed by atoms with Crippen LogP contribution in [-0.4, -0.2) is 29.5 Å². The van der Waals surface area contributed by atoms with Gasteiger partial charge in [-0.1, -0.05) is 30.3 Å². The van der Waals surface area contributed by atoms with Gasteiger partial charge in [-0.15, -0.1) is 11.3 Å². The Morgan fingerprint density at radius 1 is 1.35 bits per heavy atom. The second kappa shape index (κ2) is 8.40. The van der Waals surface area contributed by atoms with Crippen LogP contribution in [0.1, 0.15) is 28.0 Å². The Hall–Kier alpha value is -2.25. The van der Waals surface area contributed by atoms with Gasteiger partial charge in [-0.2, -0.15) is 0 Å². The summed E-state index contributed by atoms with van der Waals surface area (Å²) in [5.41, 5.74) is 7.17. The molecule has 6 nitrogen and oxygen atoms in total. The van der Waals surface area contributed by atoms with Gasteiger partial charge in [0.1, 0.15) is 5.01 Å². The third-order valence-electron chi connectivity index (χ3n) is 3.09. The topological polar surface area (TPSA) is 94.3 Å². The predicted octanol–water partition coefficient (Wildman–Crippen LogP) is 1.51. The molecule has 2 rings (SSSR count). The number of benzene rings is 1. The zero-order chi connectivity index (χ0) is 16.7. The van der Waals surface area contributed by atoms with Crippen molar-refractivity contribution in [2.45, 2.75) is 25.9 Å². The Kier molecular flexibility index (Phi) is 6.25. The van der Waals surface area contributed by atoms with E-state index in [0.717, 1.165) is 5.56 Å². The molecule has 2 aromatic rings. The number of nitrogens with zero attached hydrogens (tertiary/aromatic N) is 1. The molecule has 0 spiro atoms. The molecule has 3 N–H and O–H groups in total. The molecule has 0 fully saturated rings. The first-order chi connectivity index (χ1) is 11.1. The fraction of sp³-hybridized carbons (Fsp3) is 0.312. The summed E-state index contributed by atoms with van der Waals surface area (Å²) < 4.78 is 4.87. The molecule has 1 atom stereocenters. The van der Waals surface area contributed by atoms with Crippen molar-refractivity contribution in [3.63, 3.8) is 0 Å². The number of nitrogens with one attached hydrogen (secondary N) is 1. The summed E-state index contributed by atoms with van der Waals surface area (Å²) in [5.74, 6) is -0.705. The summed E-state index contributed by atoms with van der Waals surface area (Å²) in [6.07, 6.45) is 0.471. The molecule has 122 valence electrons. The number of esters is 1. The molecule has 0 saturated carbocycles. The average Bonchev–Trinajstić information content (AvgIpc) is 3.03. The highest BCUT2D eigenvalue weighted by molar-refractivity contribution is 7.09. The molecule has 1 aromatic heterocycles. The van der Waals surface area contributed by atoms with Crippen LogP contribution in [0.3, 0.4) is 0 Å². The van der Waals surface area contributed by atoms with Gasteiger partial charge in [0, 0.05) is 5.38 Å². The zero-order valence-electron chi connectivity index (χ0n) is 12.8. The van der Waals surface area contributed by atoms with E-state index in [2.05, 4.69) is 10.3 Å². The molecule has 23 heavy (non-hydrogen) atoms. The van der Waals surface area contributed by atoms with Crippen molar-refractivity contribution in [1.29, 1.82) is 0 Å². The van der Waals surface area contributed by atoms with Crippen molar-refractivity contribution in [2.75, 3.05) is 6.61 Å². The zero-order valence-corrected chi connectivity index (χ0v) is 13.6. The smallest absolute Gasteiger partial charge is 0.357 e. The van der Waals surface area contributed by atoms with Crippen LogP contribution in [0.25, 0.3) is 0 Å². The van der Waals surface area contributed by atoms with Crippen LogP contribution in [0.4, 0.5) is 0 Å². The van der Waals surface area contributed by atoms with Gasteiger partial charge in [0.15, 0.2) is 5.69 Å². The molecule has 1 amide bonds. The summed E-state index contributed by atoms with van der Waals surface area (Å²) in [6.45, 7) is 2.28. The van der Waals surface area contributed by atoms with Crippen LogP contribution in [-0.2, 0) is 22.5 Å². The number of ether oxygens (including phenoxy) is 1. The first-order valence-electron chi connectivity index (χ1n) is 7.29. The van der Waals surface area contributed by atoms with Gasteiger partial charge in [0.05, 0.1) is 19.2 Å². The number of aromatic nitrogens is 1. The SMILES string of the molecule is CCOC(=O)c1csc(CNC(=O)C(N)Cc2ccccc2)n1. The Morgan fingerprint density at radius 2 is 2.09 bits per heavy atom. The number of rotatable bonds is 7. The lowest BCUT2D eigenvalue weighted by Gasteiger charge is -2.11. The van der Waals surface area contributed by atoms with Crippen molar-refractivity contribution >= 4 is 23.2 Å². The summed E-state index contributed by atoms with van der Waals surface area (Å²) in [4.78, 5) is 27.7. The minimum Gasteiger partial charge on any atom is -0.461 e. The van der Waals surface area contributed by atoms with Crippen molar-refractivity contribution < 1.29 is 14.3 Å². The molecule has 1 unspecified atom stereocenters. The molecule has 0 aliphatic carbocycles. The number of nitrogens with two attached hydrogens (primary N) is 1. The van der Waals surface area contributed by atoms with E-state index in [1.165, 1.54) is 11.3 Å². The van der Waals surface area contributed by atoms with Gasteiger partial charge in [0.2, 0.25) is 5.91 Å². The van der Waals surface area contributed by atoms with Gasteiger partial charge in [-0.25, -0.2) is 9.78 Å². The highest BCUT2D eigenvalue weighted by atomic mass is 32.1. The maximum absolute atomic E-state index is 12.0. The first-order valence-corrected chi connectivity index (χ1v) is 8.17. The highest BCUT2D eigenvalue weighted by Crippen LogP contribution is 2.11. The van der Waals surface area contributed by atoms with Crippen LogP contribution >= 0.6 is 11.3 Å². The number of hydrogen-bond acceptors (Lipinski definition) is 6. The minimum absolute atomic E-state index is 0.241. The Bertz CT molecular complexity index is 658. The lowest BCUT2D eigenvalue weighted by molar-refractivity contribution is -0.122. The van der Waals surface area contributed by atoms with Crippen LogP contribution < -0.4 is 11.1 Å². The van der Waals surface area contributed by atoms with E-state index >= 15 is 0 Å². The van der Waals surface area contributed by atoms with E-state index in [1.807, 2.05) is 30.3 Å². The monoisotopic (exact) mass is 333 g/mol. The first kappa shape index (κ1) is 17.1. The van der Waals surface area contributed by atoms with E-state index in [1.54, 1.807) is 12.3 Å². The van der Waals surface area contributed by atoms with Crippen molar-refractivity contribution in [2.24, 2.45) is 5.73 Å². The number of carbonyl (C=O) groups is 2. The molecule has 1 heterocycles. The van der Waals surface area contributed by atoms with Gasteiger partial charge < -0.3 is 15.8 Å². The summed E-state index contributed by atoms with van der Waals surface area (Å²) in [7, 11) is 0. The van der Waals surface area contributed by atoms with Crippen molar-refractivity contribution in [1.82, 2.24) is 10.3 Å². The average molecular weight is 333 g/mol. The summed E-state index contributed by atoms with van der Waals surface area (Å²) in [5, 5.41) is 4.98. The van der Waals surface area contributed by atoms with Crippen LogP contribution in [0, 0.1) is 0 Å². The number of thiazole rings is 1. The van der Waals surface area contributed by atoms with Gasteiger partial charge in [-0.05, 0) is 18.9 Å². The Balaban J connectivity index is 1.83. The van der Waals surface area contributed by atoms with E-state index in [-0.39, 0.29) is 18.1 Å². The molecule has 7 heteroatoms. The second-order valence-electron chi connectivity index (χ2n) is 4.86.